The Labute approximate surface area is 157 Å². The number of nitrogens with zero attached hydrogens (tertiary/aromatic N) is 2. The van der Waals surface area contributed by atoms with Crippen molar-refractivity contribution in [2.75, 3.05) is 10.6 Å². The molecular formula is C21H20N4O2. The van der Waals surface area contributed by atoms with Gasteiger partial charge in [-0.3, -0.25) is 9.59 Å². The molecule has 3 rings (SSSR count). The number of Topliss-reactive ketones (excluding diaryl/α,β-unsaturated/α-hetero) is 1. The lowest BCUT2D eigenvalue weighted by Crippen LogP contribution is -2.14. The summed E-state index contributed by atoms with van der Waals surface area (Å²) in [5, 5.41) is 5.95. The maximum atomic E-state index is 12.4. The van der Waals surface area contributed by atoms with Gasteiger partial charge in [0.25, 0.3) is 5.91 Å². The van der Waals surface area contributed by atoms with Crippen LogP contribution in [0, 0.1) is 13.8 Å². The van der Waals surface area contributed by atoms with E-state index in [1.165, 1.54) is 24.4 Å². The van der Waals surface area contributed by atoms with Gasteiger partial charge in [0.1, 0.15) is 17.8 Å². The third kappa shape index (κ3) is 4.55. The maximum Gasteiger partial charge on any atom is 0.274 e. The minimum absolute atomic E-state index is 0.0225. The van der Waals surface area contributed by atoms with E-state index in [0.717, 1.165) is 5.69 Å². The molecule has 0 fully saturated rings. The smallest absolute Gasteiger partial charge is 0.274 e. The number of amides is 1. The zero-order valence-corrected chi connectivity index (χ0v) is 15.4. The Hall–Kier alpha value is -3.54. The summed E-state index contributed by atoms with van der Waals surface area (Å²) in [6.07, 6.45) is 1.34. The standard InChI is InChI=1S/C21H20N4O2/c1-13-4-7-18(10-14(13)2)24-20-11-19(22-12-23-20)21(27)25-17-8-5-16(6-9-17)15(3)26/h4-12H,1-3H3,(H,25,27)(H,22,23,24). The number of aryl methyl sites for hydroxylation is 2. The average molecular weight is 360 g/mol. The van der Waals surface area contributed by atoms with Crippen molar-refractivity contribution < 1.29 is 9.59 Å². The van der Waals surface area contributed by atoms with Crippen LogP contribution in [0.4, 0.5) is 17.2 Å². The van der Waals surface area contributed by atoms with Crippen molar-refractivity contribution >= 4 is 28.9 Å². The van der Waals surface area contributed by atoms with Gasteiger partial charge in [0.05, 0.1) is 0 Å². The fourth-order valence-electron chi connectivity index (χ4n) is 2.50. The van der Waals surface area contributed by atoms with Crippen LogP contribution in [0.2, 0.25) is 0 Å². The third-order valence-electron chi connectivity index (χ3n) is 4.23. The molecule has 1 amide bonds. The Morgan fingerprint density at radius 1 is 0.852 bits per heavy atom. The van der Waals surface area contributed by atoms with Crippen molar-refractivity contribution in [1.29, 1.82) is 0 Å². The molecule has 0 atom stereocenters. The first-order valence-electron chi connectivity index (χ1n) is 8.51. The number of nitrogens with one attached hydrogen (secondary N) is 2. The fraction of sp³-hybridized carbons (Fsp3) is 0.143. The van der Waals surface area contributed by atoms with Crippen LogP contribution >= 0.6 is 0 Å². The van der Waals surface area contributed by atoms with Crippen LogP contribution < -0.4 is 10.6 Å². The summed E-state index contributed by atoms with van der Waals surface area (Å²) in [6.45, 7) is 5.59. The lowest BCUT2D eigenvalue weighted by Gasteiger charge is -2.09. The van der Waals surface area contributed by atoms with Crippen molar-refractivity contribution in [3.05, 3.63) is 77.2 Å². The maximum absolute atomic E-state index is 12.4. The predicted molar refractivity (Wildman–Crippen MR) is 106 cm³/mol. The van der Waals surface area contributed by atoms with E-state index >= 15 is 0 Å². The molecule has 0 aliphatic carbocycles. The van der Waals surface area contributed by atoms with Gasteiger partial charge >= 0.3 is 0 Å². The molecule has 0 bridgehead atoms. The second kappa shape index (κ2) is 7.78. The molecule has 6 heteroatoms. The predicted octanol–water partition coefficient (Wildman–Crippen LogP) is 4.29. The van der Waals surface area contributed by atoms with E-state index in [0.29, 0.717) is 17.1 Å². The molecule has 0 aliphatic heterocycles. The molecule has 0 aliphatic rings. The molecule has 0 spiro atoms. The second-order valence-electron chi connectivity index (χ2n) is 6.30. The highest BCUT2D eigenvalue weighted by atomic mass is 16.2. The normalized spacial score (nSPS) is 10.3. The topological polar surface area (TPSA) is 84.0 Å². The number of benzene rings is 2. The van der Waals surface area contributed by atoms with Gasteiger partial charge in [-0.25, -0.2) is 9.97 Å². The Morgan fingerprint density at radius 3 is 2.22 bits per heavy atom. The van der Waals surface area contributed by atoms with E-state index in [4.69, 9.17) is 0 Å². The molecule has 6 nitrogen and oxygen atoms in total. The van der Waals surface area contributed by atoms with E-state index in [1.54, 1.807) is 30.3 Å². The molecule has 2 aromatic carbocycles. The number of rotatable bonds is 5. The average Bonchev–Trinajstić information content (AvgIpc) is 2.65. The minimum Gasteiger partial charge on any atom is -0.340 e. The zero-order valence-electron chi connectivity index (χ0n) is 15.4. The SMILES string of the molecule is CC(=O)c1ccc(NC(=O)c2cc(Nc3ccc(C)c(C)c3)ncn2)cc1. The summed E-state index contributed by atoms with van der Waals surface area (Å²) in [6, 6.07) is 14.3. The monoisotopic (exact) mass is 360 g/mol. The molecule has 0 unspecified atom stereocenters. The largest absolute Gasteiger partial charge is 0.340 e. The van der Waals surface area contributed by atoms with E-state index in [1.807, 2.05) is 25.1 Å². The quantitative estimate of drug-likeness (QED) is 0.663. The Balaban J connectivity index is 1.73. The van der Waals surface area contributed by atoms with E-state index in [2.05, 4.69) is 27.5 Å². The Bertz CT molecular complexity index is 997. The molecule has 3 aromatic rings. The second-order valence-corrected chi connectivity index (χ2v) is 6.30. The number of hydrogen-bond acceptors (Lipinski definition) is 5. The van der Waals surface area contributed by atoms with Gasteiger partial charge in [-0.05, 0) is 68.3 Å². The van der Waals surface area contributed by atoms with E-state index in [-0.39, 0.29) is 17.4 Å². The first-order chi connectivity index (χ1) is 12.9. The summed E-state index contributed by atoms with van der Waals surface area (Å²) < 4.78 is 0. The summed E-state index contributed by atoms with van der Waals surface area (Å²) in [5.74, 6) is 0.159. The van der Waals surface area contributed by atoms with E-state index < -0.39 is 0 Å². The van der Waals surface area contributed by atoms with Gasteiger partial charge < -0.3 is 10.6 Å². The Kier molecular flexibility index (Phi) is 5.26. The number of carbonyl (C=O) groups excluding carboxylic acids is 2. The van der Waals surface area contributed by atoms with Crippen molar-refractivity contribution in [3.8, 4) is 0 Å². The third-order valence-corrected chi connectivity index (χ3v) is 4.23. The summed E-state index contributed by atoms with van der Waals surface area (Å²) >= 11 is 0. The van der Waals surface area contributed by atoms with Crippen LogP contribution in [0.15, 0.2) is 54.9 Å². The van der Waals surface area contributed by atoms with Crippen LogP contribution in [0.1, 0.15) is 38.9 Å². The van der Waals surface area contributed by atoms with Crippen LogP contribution in [0.3, 0.4) is 0 Å². The van der Waals surface area contributed by atoms with Crippen LogP contribution in [-0.2, 0) is 0 Å². The van der Waals surface area contributed by atoms with Gasteiger partial charge in [-0.15, -0.1) is 0 Å². The highest BCUT2D eigenvalue weighted by Crippen LogP contribution is 2.19. The zero-order chi connectivity index (χ0) is 19.4. The van der Waals surface area contributed by atoms with Crippen LogP contribution in [-0.4, -0.2) is 21.7 Å². The molecule has 1 aromatic heterocycles. The van der Waals surface area contributed by atoms with E-state index in [9.17, 15) is 9.59 Å². The molecular weight excluding hydrogens is 340 g/mol. The lowest BCUT2D eigenvalue weighted by atomic mass is 10.1. The number of ketones is 1. The Morgan fingerprint density at radius 2 is 1.56 bits per heavy atom. The summed E-state index contributed by atoms with van der Waals surface area (Å²) in [5.41, 5.74) is 4.69. The van der Waals surface area contributed by atoms with Crippen LogP contribution in [0.25, 0.3) is 0 Å². The van der Waals surface area contributed by atoms with Crippen molar-refractivity contribution in [2.45, 2.75) is 20.8 Å². The highest BCUT2D eigenvalue weighted by Gasteiger charge is 2.10. The first kappa shape index (κ1) is 18.3. The van der Waals surface area contributed by atoms with Crippen molar-refractivity contribution in [2.24, 2.45) is 0 Å². The molecule has 1 heterocycles. The molecule has 136 valence electrons. The number of aromatic nitrogens is 2. The molecule has 0 saturated carbocycles. The molecule has 27 heavy (non-hydrogen) atoms. The first-order valence-corrected chi connectivity index (χ1v) is 8.51. The summed E-state index contributed by atoms with van der Waals surface area (Å²) in [7, 11) is 0. The van der Waals surface area contributed by atoms with Gasteiger partial charge in [0.2, 0.25) is 0 Å². The van der Waals surface area contributed by atoms with Gasteiger partial charge in [-0.1, -0.05) is 6.07 Å². The minimum atomic E-state index is -0.351. The molecule has 2 N–H and O–H groups in total. The van der Waals surface area contributed by atoms with Crippen molar-refractivity contribution in [3.63, 3.8) is 0 Å². The number of hydrogen-bond donors (Lipinski definition) is 2. The number of carbonyl (C=O) groups is 2. The lowest BCUT2D eigenvalue weighted by molar-refractivity contribution is 0.101. The van der Waals surface area contributed by atoms with Crippen LogP contribution in [0.5, 0.6) is 0 Å². The number of anilines is 3. The molecule has 0 radical (unpaired) electrons. The van der Waals surface area contributed by atoms with Gasteiger partial charge in [0, 0.05) is 23.0 Å². The van der Waals surface area contributed by atoms with Crippen molar-refractivity contribution in [1.82, 2.24) is 9.97 Å². The summed E-state index contributed by atoms with van der Waals surface area (Å²) in [4.78, 5) is 32.0. The highest BCUT2D eigenvalue weighted by molar-refractivity contribution is 6.03. The van der Waals surface area contributed by atoms with Gasteiger partial charge in [0.15, 0.2) is 5.78 Å². The fourth-order valence-corrected chi connectivity index (χ4v) is 2.50. The molecule has 0 saturated heterocycles. The van der Waals surface area contributed by atoms with Gasteiger partial charge in [-0.2, -0.15) is 0 Å².